The van der Waals surface area contributed by atoms with Crippen LogP contribution >= 0.6 is 0 Å². The molecule has 1 heterocycles. The number of alkyl halides is 3. The number of rotatable bonds is 6. The van der Waals surface area contributed by atoms with Crippen LogP contribution in [0.5, 0.6) is 5.75 Å². The summed E-state index contributed by atoms with van der Waals surface area (Å²) < 4.78 is 56.2. The molecule has 154 valence electrons. The van der Waals surface area contributed by atoms with Gasteiger partial charge in [-0.2, -0.15) is 13.2 Å². The standard InChI is InChI=1S/C20H18F4N2O3/c21-15-4-6-16(7-5-15)26-11-13(8-19(26)28)10-25-18(27)12-29-17-3-1-2-14(9-17)20(22,23)24/h1-7,9,13H,8,10-12H2,(H,25,27). The van der Waals surface area contributed by atoms with Crippen molar-refractivity contribution in [3.8, 4) is 5.75 Å². The van der Waals surface area contributed by atoms with E-state index in [2.05, 4.69) is 5.32 Å². The van der Waals surface area contributed by atoms with E-state index in [0.29, 0.717) is 12.2 Å². The summed E-state index contributed by atoms with van der Waals surface area (Å²) in [6, 6.07) is 9.82. The zero-order valence-electron chi connectivity index (χ0n) is 15.2. The SMILES string of the molecule is O=C(COc1cccc(C(F)(F)F)c1)NCC1CC(=O)N(c2ccc(F)cc2)C1. The highest BCUT2D eigenvalue weighted by Gasteiger charge is 2.31. The van der Waals surface area contributed by atoms with E-state index in [1.165, 1.54) is 41.3 Å². The summed E-state index contributed by atoms with van der Waals surface area (Å²) in [7, 11) is 0. The molecule has 1 aliphatic rings. The first-order valence-corrected chi connectivity index (χ1v) is 8.85. The number of nitrogens with one attached hydrogen (secondary N) is 1. The van der Waals surface area contributed by atoms with Gasteiger partial charge in [0, 0.05) is 31.1 Å². The van der Waals surface area contributed by atoms with Crippen molar-refractivity contribution < 1.29 is 31.9 Å². The second-order valence-electron chi connectivity index (χ2n) is 6.67. The predicted octanol–water partition coefficient (Wildman–Crippen LogP) is 3.39. The van der Waals surface area contributed by atoms with Gasteiger partial charge in [-0.1, -0.05) is 6.07 Å². The lowest BCUT2D eigenvalue weighted by molar-refractivity contribution is -0.137. The lowest BCUT2D eigenvalue weighted by Crippen LogP contribution is -2.34. The molecule has 0 spiro atoms. The smallest absolute Gasteiger partial charge is 0.416 e. The lowest BCUT2D eigenvalue weighted by atomic mass is 10.1. The van der Waals surface area contributed by atoms with Gasteiger partial charge in [-0.05, 0) is 42.5 Å². The number of hydrogen-bond donors (Lipinski definition) is 1. The van der Waals surface area contributed by atoms with Crippen LogP contribution in [-0.4, -0.2) is 31.5 Å². The summed E-state index contributed by atoms with van der Waals surface area (Å²) in [6.45, 7) is 0.150. The van der Waals surface area contributed by atoms with Gasteiger partial charge in [0.15, 0.2) is 6.61 Å². The van der Waals surface area contributed by atoms with Gasteiger partial charge >= 0.3 is 6.18 Å². The van der Waals surface area contributed by atoms with E-state index in [0.717, 1.165) is 12.1 Å². The third-order valence-corrected chi connectivity index (χ3v) is 4.46. The molecular weight excluding hydrogens is 392 g/mol. The maximum atomic E-state index is 13.0. The molecule has 29 heavy (non-hydrogen) atoms. The van der Waals surface area contributed by atoms with Crippen molar-refractivity contribution in [2.45, 2.75) is 12.6 Å². The Labute approximate surface area is 164 Å². The normalized spacial score (nSPS) is 16.8. The summed E-state index contributed by atoms with van der Waals surface area (Å²) >= 11 is 0. The first-order valence-electron chi connectivity index (χ1n) is 8.85. The van der Waals surface area contributed by atoms with E-state index in [4.69, 9.17) is 4.74 Å². The van der Waals surface area contributed by atoms with Crippen LogP contribution < -0.4 is 15.0 Å². The summed E-state index contributed by atoms with van der Waals surface area (Å²) in [5.74, 6) is -1.23. The Morgan fingerprint density at radius 1 is 1.17 bits per heavy atom. The summed E-state index contributed by atoms with van der Waals surface area (Å²) in [4.78, 5) is 25.6. The number of amides is 2. The van der Waals surface area contributed by atoms with Crippen LogP contribution in [0.4, 0.5) is 23.2 Å². The number of benzene rings is 2. The molecule has 5 nitrogen and oxygen atoms in total. The fourth-order valence-electron chi connectivity index (χ4n) is 3.01. The van der Waals surface area contributed by atoms with E-state index in [1.807, 2.05) is 0 Å². The number of anilines is 1. The first kappa shape index (κ1) is 20.6. The van der Waals surface area contributed by atoms with Crippen molar-refractivity contribution in [1.82, 2.24) is 5.32 Å². The first-order chi connectivity index (χ1) is 13.7. The summed E-state index contributed by atoms with van der Waals surface area (Å²) in [6.07, 6.45) is -4.26. The molecule has 0 aliphatic carbocycles. The Morgan fingerprint density at radius 3 is 2.59 bits per heavy atom. The quantitative estimate of drug-likeness (QED) is 0.743. The molecule has 1 saturated heterocycles. The average molecular weight is 410 g/mol. The molecule has 0 aromatic heterocycles. The minimum Gasteiger partial charge on any atom is -0.484 e. The van der Waals surface area contributed by atoms with Crippen LogP contribution in [0, 0.1) is 11.7 Å². The molecule has 2 aromatic carbocycles. The highest BCUT2D eigenvalue weighted by atomic mass is 19.4. The third-order valence-electron chi connectivity index (χ3n) is 4.46. The molecule has 3 rings (SSSR count). The minimum absolute atomic E-state index is 0.0616. The third kappa shape index (κ3) is 5.46. The summed E-state index contributed by atoms with van der Waals surface area (Å²) in [5.41, 5.74) is -0.279. The van der Waals surface area contributed by atoms with Crippen molar-refractivity contribution in [3.63, 3.8) is 0 Å². The number of hydrogen-bond acceptors (Lipinski definition) is 3. The molecule has 1 aliphatic heterocycles. The van der Waals surface area contributed by atoms with Crippen LogP contribution in [0.2, 0.25) is 0 Å². The maximum Gasteiger partial charge on any atom is 0.416 e. The Kier molecular flexibility index (Phi) is 6.05. The molecule has 2 amide bonds. The molecule has 0 bridgehead atoms. The van der Waals surface area contributed by atoms with E-state index in [-0.39, 0.29) is 30.5 Å². The van der Waals surface area contributed by atoms with Gasteiger partial charge in [-0.3, -0.25) is 9.59 Å². The lowest BCUT2D eigenvalue weighted by Gasteiger charge is -2.17. The Balaban J connectivity index is 1.46. The number of nitrogens with zero attached hydrogens (tertiary/aromatic N) is 1. The van der Waals surface area contributed by atoms with Gasteiger partial charge in [0.25, 0.3) is 5.91 Å². The topological polar surface area (TPSA) is 58.6 Å². The van der Waals surface area contributed by atoms with E-state index in [9.17, 15) is 27.2 Å². The second kappa shape index (κ2) is 8.50. The number of halogens is 4. The van der Waals surface area contributed by atoms with Gasteiger partial charge in [-0.15, -0.1) is 0 Å². The Bertz CT molecular complexity index is 884. The van der Waals surface area contributed by atoms with Crippen molar-refractivity contribution in [3.05, 3.63) is 59.9 Å². The fourth-order valence-corrected chi connectivity index (χ4v) is 3.01. The van der Waals surface area contributed by atoms with Gasteiger partial charge in [0.2, 0.25) is 5.91 Å². The van der Waals surface area contributed by atoms with Gasteiger partial charge < -0.3 is 15.0 Å². The van der Waals surface area contributed by atoms with Crippen LogP contribution in [0.1, 0.15) is 12.0 Å². The van der Waals surface area contributed by atoms with Gasteiger partial charge in [0.05, 0.1) is 5.56 Å². The average Bonchev–Trinajstić information content (AvgIpc) is 3.05. The van der Waals surface area contributed by atoms with Crippen molar-refractivity contribution in [2.24, 2.45) is 5.92 Å². The summed E-state index contributed by atoms with van der Waals surface area (Å²) in [5, 5.41) is 2.62. The second-order valence-corrected chi connectivity index (χ2v) is 6.67. The van der Waals surface area contributed by atoms with Crippen LogP contribution in [0.25, 0.3) is 0 Å². The van der Waals surface area contributed by atoms with Crippen molar-refractivity contribution in [1.29, 1.82) is 0 Å². The Morgan fingerprint density at radius 2 is 1.90 bits per heavy atom. The number of ether oxygens (including phenoxy) is 1. The fraction of sp³-hybridized carbons (Fsp3) is 0.300. The molecule has 0 saturated carbocycles. The van der Waals surface area contributed by atoms with Crippen molar-refractivity contribution >= 4 is 17.5 Å². The Hall–Kier alpha value is -3.10. The monoisotopic (exact) mass is 410 g/mol. The van der Waals surface area contributed by atoms with Crippen LogP contribution in [0.15, 0.2) is 48.5 Å². The van der Waals surface area contributed by atoms with Crippen LogP contribution in [-0.2, 0) is 15.8 Å². The molecule has 2 aromatic rings. The molecule has 1 fully saturated rings. The highest BCUT2D eigenvalue weighted by Crippen LogP contribution is 2.31. The minimum atomic E-state index is -4.49. The largest absolute Gasteiger partial charge is 0.484 e. The molecule has 0 radical (unpaired) electrons. The zero-order chi connectivity index (χ0) is 21.0. The number of carbonyl (C=O) groups is 2. The van der Waals surface area contributed by atoms with E-state index >= 15 is 0 Å². The predicted molar refractivity (Wildman–Crippen MR) is 96.8 cm³/mol. The number of carbonyl (C=O) groups excluding carboxylic acids is 2. The molecule has 1 atom stereocenters. The molecule has 1 N–H and O–H groups in total. The van der Waals surface area contributed by atoms with Gasteiger partial charge in [-0.25, -0.2) is 4.39 Å². The van der Waals surface area contributed by atoms with Crippen molar-refractivity contribution in [2.75, 3.05) is 24.6 Å². The highest BCUT2D eigenvalue weighted by molar-refractivity contribution is 5.95. The van der Waals surface area contributed by atoms with E-state index < -0.39 is 30.1 Å². The zero-order valence-corrected chi connectivity index (χ0v) is 15.2. The van der Waals surface area contributed by atoms with Crippen LogP contribution in [0.3, 0.4) is 0 Å². The molecular formula is C20H18F4N2O3. The van der Waals surface area contributed by atoms with E-state index in [1.54, 1.807) is 0 Å². The molecule has 1 unspecified atom stereocenters. The molecule has 9 heteroatoms. The van der Waals surface area contributed by atoms with Gasteiger partial charge in [0.1, 0.15) is 11.6 Å². The maximum absolute atomic E-state index is 13.0.